The Morgan fingerprint density at radius 2 is 2.27 bits per heavy atom. The smallest absolute Gasteiger partial charge is 0.257 e. The van der Waals surface area contributed by atoms with Gasteiger partial charge in [0.1, 0.15) is 17.3 Å². The molecule has 0 aromatic carbocycles. The Balaban J connectivity index is 1.51. The lowest BCUT2D eigenvalue weighted by molar-refractivity contribution is 0.0701. The predicted octanol–water partition coefficient (Wildman–Crippen LogP) is 3.62. The standard InChI is InChI=1S/C19H22N4O2S/c1-13-8-17(14(2)25-13)19(24)23-6-3-4-15(9-23)18-20-5-7-22(18)10-16-11-26-12-21-16/h5,7-8,11-12,15H,3-4,6,9-10H2,1-2H3. The molecule has 1 fully saturated rings. The molecule has 1 aliphatic rings. The lowest BCUT2D eigenvalue weighted by Crippen LogP contribution is -2.39. The van der Waals surface area contributed by atoms with Crippen molar-refractivity contribution >= 4 is 17.2 Å². The molecule has 6 nitrogen and oxygen atoms in total. The number of likely N-dealkylation sites (tertiary alicyclic amines) is 1. The second-order valence-electron chi connectivity index (χ2n) is 6.81. The van der Waals surface area contributed by atoms with Crippen LogP contribution in [-0.4, -0.2) is 38.4 Å². The molecule has 26 heavy (non-hydrogen) atoms. The van der Waals surface area contributed by atoms with E-state index in [4.69, 9.17) is 4.42 Å². The van der Waals surface area contributed by atoms with Crippen molar-refractivity contribution in [3.8, 4) is 0 Å². The first-order valence-electron chi connectivity index (χ1n) is 8.86. The van der Waals surface area contributed by atoms with Gasteiger partial charge in [0.2, 0.25) is 0 Å². The van der Waals surface area contributed by atoms with Gasteiger partial charge in [-0.05, 0) is 32.8 Å². The van der Waals surface area contributed by atoms with E-state index in [0.717, 1.165) is 43.2 Å². The minimum absolute atomic E-state index is 0.0571. The molecule has 4 rings (SSSR count). The van der Waals surface area contributed by atoms with Crippen molar-refractivity contribution in [3.05, 3.63) is 58.0 Å². The number of thiazole rings is 1. The van der Waals surface area contributed by atoms with Gasteiger partial charge in [0.25, 0.3) is 5.91 Å². The number of amides is 1. The fourth-order valence-corrected chi connectivity index (χ4v) is 4.24. The maximum atomic E-state index is 12.9. The number of carbonyl (C=O) groups is 1. The number of imidazole rings is 1. The van der Waals surface area contributed by atoms with Gasteiger partial charge in [-0.15, -0.1) is 11.3 Å². The van der Waals surface area contributed by atoms with Gasteiger partial charge in [0, 0.05) is 36.8 Å². The number of carbonyl (C=O) groups excluding carboxylic acids is 1. The van der Waals surface area contributed by atoms with E-state index in [1.165, 1.54) is 0 Å². The Hall–Kier alpha value is -2.41. The lowest BCUT2D eigenvalue weighted by atomic mass is 9.96. The number of furan rings is 1. The van der Waals surface area contributed by atoms with E-state index in [2.05, 4.69) is 19.9 Å². The summed E-state index contributed by atoms with van der Waals surface area (Å²) in [7, 11) is 0. The Morgan fingerprint density at radius 1 is 1.38 bits per heavy atom. The largest absolute Gasteiger partial charge is 0.466 e. The summed E-state index contributed by atoms with van der Waals surface area (Å²) in [6.45, 7) is 5.92. The Bertz CT molecular complexity index is 897. The molecule has 0 bridgehead atoms. The van der Waals surface area contributed by atoms with Crippen LogP contribution in [0.2, 0.25) is 0 Å². The molecule has 136 valence electrons. The zero-order valence-electron chi connectivity index (χ0n) is 15.0. The summed E-state index contributed by atoms with van der Waals surface area (Å²) in [6, 6.07) is 1.84. The Labute approximate surface area is 156 Å². The highest BCUT2D eigenvalue weighted by atomic mass is 32.1. The van der Waals surface area contributed by atoms with Crippen LogP contribution >= 0.6 is 11.3 Å². The zero-order chi connectivity index (χ0) is 18.1. The van der Waals surface area contributed by atoms with Crippen molar-refractivity contribution in [2.24, 2.45) is 0 Å². The van der Waals surface area contributed by atoms with Crippen LogP contribution in [0.15, 0.2) is 33.8 Å². The predicted molar refractivity (Wildman–Crippen MR) is 99.5 cm³/mol. The second-order valence-corrected chi connectivity index (χ2v) is 7.53. The molecule has 1 aliphatic heterocycles. The molecule has 0 saturated carbocycles. The van der Waals surface area contributed by atoms with E-state index in [0.29, 0.717) is 17.9 Å². The Morgan fingerprint density at radius 3 is 3.00 bits per heavy atom. The van der Waals surface area contributed by atoms with Crippen molar-refractivity contribution in [3.63, 3.8) is 0 Å². The van der Waals surface area contributed by atoms with Gasteiger partial charge in [0.15, 0.2) is 0 Å². The molecule has 0 spiro atoms. The van der Waals surface area contributed by atoms with E-state index in [-0.39, 0.29) is 11.8 Å². The molecule has 0 aliphatic carbocycles. The molecule has 3 aromatic heterocycles. The molecular formula is C19H22N4O2S. The normalized spacial score (nSPS) is 17.6. The number of hydrogen-bond acceptors (Lipinski definition) is 5. The van der Waals surface area contributed by atoms with Crippen LogP contribution in [0, 0.1) is 13.8 Å². The molecule has 1 amide bonds. The van der Waals surface area contributed by atoms with Crippen LogP contribution in [0.4, 0.5) is 0 Å². The third-order valence-corrected chi connectivity index (χ3v) is 5.54. The summed E-state index contributed by atoms with van der Waals surface area (Å²) < 4.78 is 7.69. The third kappa shape index (κ3) is 3.31. The maximum Gasteiger partial charge on any atom is 0.257 e. The first-order valence-corrected chi connectivity index (χ1v) is 9.80. The van der Waals surface area contributed by atoms with E-state index >= 15 is 0 Å². The van der Waals surface area contributed by atoms with Gasteiger partial charge < -0.3 is 13.9 Å². The van der Waals surface area contributed by atoms with Gasteiger partial charge in [-0.2, -0.15) is 0 Å². The number of hydrogen-bond donors (Lipinski definition) is 0. The quantitative estimate of drug-likeness (QED) is 0.704. The van der Waals surface area contributed by atoms with E-state index in [1.807, 2.05) is 42.7 Å². The van der Waals surface area contributed by atoms with Crippen LogP contribution in [0.1, 0.15) is 52.2 Å². The van der Waals surface area contributed by atoms with Crippen molar-refractivity contribution in [1.82, 2.24) is 19.4 Å². The molecule has 1 saturated heterocycles. The SMILES string of the molecule is Cc1cc(C(=O)N2CCCC(c3nccn3Cc3cscn3)C2)c(C)o1. The average molecular weight is 370 g/mol. The maximum absolute atomic E-state index is 12.9. The van der Waals surface area contributed by atoms with E-state index in [1.54, 1.807) is 11.3 Å². The highest BCUT2D eigenvalue weighted by Crippen LogP contribution is 2.28. The summed E-state index contributed by atoms with van der Waals surface area (Å²) >= 11 is 1.60. The first kappa shape index (κ1) is 17.0. The van der Waals surface area contributed by atoms with Crippen molar-refractivity contribution in [1.29, 1.82) is 0 Å². The molecule has 4 heterocycles. The highest BCUT2D eigenvalue weighted by molar-refractivity contribution is 7.07. The molecular weight excluding hydrogens is 348 g/mol. The van der Waals surface area contributed by atoms with E-state index in [9.17, 15) is 4.79 Å². The van der Waals surface area contributed by atoms with Gasteiger partial charge >= 0.3 is 0 Å². The van der Waals surface area contributed by atoms with Gasteiger partial charge in [-0.1, -0.05) is 0 Å². The lowest BCUT2D eigenvalue weighted by Gasteiger charge is -2.32. The second kappa shape index (κ2) is 7.07. The number of piperidine rings is 1. The summed E-state index contributed by atoms with van der Waals surface area (Å²) in [5, 5.41) is 2.06. The molecule has 7 heteroatoms. The molecule has 3 aromatic rings. The van der Waals surface area contributed by atoms with Crippen LogP contribution in [-0.2, 0) is 6.54 Å². The van der Waals surface area contributed by atoms with Crippen LogP contribution < -0.4 is 0 Å². The molecule has 0 N–H and O–H groups in total. The number of nitrogens with zero attached hydrogens (tertiary/aromatic N) is 4. The number of aromatic nitrogens is 3. The fourth-order valence-electron chi connectivity index (χ4n) is 3.69. The van der Waals surface area contributed by atoms with Gasteiger partial charge in [-0.25, -0.2) is 9.97 Å². The third-order valence-electron chi connectivity index (χ3n) is 4.91. The number of rotatable bonds is 4. The van der Waals surface area contributed by atoms with Gasteiger partial charge in [0.05, 0.1) is 23.3 Å². The van der Waals surface area contributed by atoms with Crippen molar-refractivity contribution < 1.29 is 9.21 Å². The zero-order valence-corrected chi connectivity index (χ0v) is 15.8. The summed E-state index contributed by atoms with van der Waals surface area (Å²) in [4.78, 5) is 23.8. The van der Waals surface area contributed by atoms with Crippen LogP contribution in [0.5, 0.6) is 0 Å². The Kier molecular flexibility index (Phi) is 4.63. The van der Waals surface area contributed by atoms with Crippen LogP contribution in [0.3, 0.4) is 0 Å². The van der Waals surface area contributed by atoms with Crippen molar-refractivity contribution in [2.45, 2.75) is 39.2 Å². The average Bonchev–Trinajstić information content (AvgIpc) is 3.37. The summed E-state index contributed by atoms with van der Waals surface area (Å²) in [5.74, 6) is 2.81. The van der Waals surface area contributed by atoms with Gasteiger partial charge in [-0.3, -0.25) is 4.79 Å². The van der Waals surface area contributed by atoms with Crippen molar-refractivity contribution in [2.75, 3.05) is 13.1 Å². The summed E-state index contributed by atoms with van der Waals surface area (Å²) in [6.07, 6.45) is 5.86. The monoisotopic (exact) mass is 370 g/mol. The first-order chi connectivity index (χ1) is 12.6. The van der Waals surface area contributed by atoms with E-state index < -0.39 is 0 Å². The topological polar surface area (TPSA) is 64.2 Å². The molecule has 0 radical (unpaired) electrons. The molecule has 1 unspecified atom stereocenters. The summed E-state index contributed by atoms with van der Waals surface area (Å²) in [5.41, 5.74) is 3.57. The van der Waals surface area contributed by atoms with Crippen LogP contribution in [0.25, 0.3) is 0 Å². The fraction of sp³-hybridized carbons (Fsp3) is 0.421. The minimum Gasteiger partial charge on any atom is -0.466 e. The highest BCUT2D eigenvalue weighted by Gasteiger charge is 2.29. The minimum atomic E-state index is 0.0571. The number of aryl methyl sites for hydroxylation is 2. The molecule has 1 atom stereocenters.